The van der Waals surface area contributed by atoms with Gasteiger partial charge in [0.25, 0.3) is 0 Å². The van der Waals surface area contributed by atoms with Crippen molar-refractivity contribution in [2.75, 3.05) is 0 Å². The van der Waals surface area contributed by atoms with Crippen molar-refractivity contribution in [3.8, 4) is 22.4 Å². The molecule has 0 saturated heterocycles. The minimum atomic E-state index is 1.10. The lowest BCUT2D eigenvalue weighted by molar-refractivity contribution is 0.979. The van der Waals surface area contributed by atoms with Crippen molar-refractivity contribution in [1.82, 2.24) is 4.57 Å². The minimum Gasteiger partial charge on any atom is -0.343 e. The second-order valence-corrected chi connectivity index (χ2v) is 6.59. The molecule has 0 amide bonds. The highest BCUT2D eigenvalue weighted by Crippen LogP contribution is 2.40. The molecule has 1 nitrogen and oxygen atoms in total. The molecule has 112 valence electrons. The average molecular weight is 362 g/mol. The number of rotatable bonds is 2. The lowest BCUT2D eigenvalue weighted by Crippen LogP contribution is -1.92. The topological polar surface area (TPSA) is 4.93 Å². The van der Waals surface area contributed by atoms with Gasteiger partial charge in [-0.1, -0.05) is 76.6 Å². The molecular weight excluding hydrogens is 346 g/mol. The van der Waals surface area contributed by atoms with Crippen molar-refractivity contribution in [1.29, 1.82) is 0 Å². The molecule has 4 aromatic rings. The van der Waals surface area contributed by atoms with Crippen molar-refractivity contribution in [3.63, 3.8) is 0 Å². The van der Waals surface area contributed by atoms with Crippen LogP contribution in [-0.2, 0) is 7.05 Å². The molecule has 0 saturated carbocycles. The number of nitrogens with zero attached hydrogens (tertiary/aromatic N) is 1. The first-order valence-corrected chi connectivity index (χ1v) is 8.44. The van der Waals surface area contributed by atoms with E-state index in [1.807, 2.05) is 0 Å². The molecular formula is C21H16BrN. The maximum absolute atomic E-state index is 3.62. The number of aryl methyl sites for hydroxylation is 1. The van der Waals surface area contributed by atoms with Crippen LogP contribution in [-0.4, -0.2) is 4.57 Å². The van der Waals surface area contributed by atoms with Crippen molar-refractivity contribution in [2.24, 2.45) is 7.05 Å². The highest BCUT2D eigenvalue weighted by molar-refractivity contribution is 9.10. The molecule has 1 heterocycles. The van der Waals surface area contributed by atoms with Crippen molar-refractivity contribution >= 4 is 26.8 Å². The number of aromatic nitrogens is 1. The van der Waals surface area contributed by atoms with Gasteiger partial charge >= 0.3 is 0 Å². The average Bonchev–Trinajstić information content (AvgIpc) is 2.88. The SMILES string of the molecule is Cn1c(-c2ccccc2)c(-c2ccccc2)c2cc(Br)ccc21. The molecule has 0 N–H and O–H groups in total. The van der Waals surface area contributed by atoms with Crippen LogP contribution in [0.15, 0.2) is 83.3 Å². The van der Waals surface area contributed by atoms with E-state index in [0.717, 1.165) is 4.47 Å². The van der Waals surface area contributed by atoms with E-state index in [2.05, 4.69) is 106 Å². The first kappa shape index (κ1) is 14.3. The van der Waals surface area contributed by atoms with Gasteiger partial charge in [-0.3, -0.25) is 0 Å². The van der Waals surface area contributed by atoms with E-state index in [9.17, 15) is 0 Å². The summed E-state index contributed by atoms with van der Waals surface area (Å²) in [5.41, 5.74) is 6.27. The summed E-state index contributed by atoms with van der Waals surface area (Å²) in [5.74, 6) is 0. The lowest BCUT2D eigenvalue weighted by Gasteiger charge is -2.08. The third kappa shape index (κ3) is 2.40. The van der Waals surface area contributed by atoms with Gasteiger partial charge in [0.2, 0.25) is 0 Å². The molecule has 0 aliphatic heterocycles. The normalized spacial score (nSPS) is 11.0. The fourth-order valence-electron chi connectivity index (χ4n) is 3.25. The van der Waals surface area contributed by atoms with E-state index in [-0.39, 0.29) is 0 Å². The Morgan fingerprint density at radius 3 is 2.00 bits per heavy atom. The fraction of sp³-hybridized carbons (Fsp3) is 0.0476. The van der Waals surface area contributed by atoms with E-state index >= 15 is 0 Å². The molecule has 0 bridgehead atoms. The molecule has 1 aromatic heterocycles. The first-order chi connectivity index (χ1) is 11.3. The standard InChI is InChI=1S/C21H16BrN/c1-23-19-13-12-17(22)14-18(19)20(15-8-4-2-5-9-15)21(23)16-10-6-3-7-11-16/h2-14H,1H3. The Labute approximate surface area is 144 Å². The van der Waals surface area contributed by atoms with Crippen molar-refractivity contribution < 1.29 is 0 Å². The Hall–Kier alpha value is -2.32. The van der Waals surface area contributed by atoms with Crippen LogP contribution in [0.3, 0.4) is 0 Å². The van der Waals surface area contributed by atoms with Crippen LogP contribution in [0.2, 0.25) is 0 Å². The maximum atomic E-state index is 3.62. The molecule has 23 heavy (non-hydrogen) atoms. The van der Waals surface area contributed by atoms with Gasteiger partial charge in [-0.25, -0.2) is 0 Å². The van der Waals surface area contributed by atoms with E-state index in [0.29, 0.717) is 0 Å². The molecule has 0 fully saturated rings. The number of fused-ring (bicyclic) bond motifs is 1. The van der Waals surface area contributed by atoms with Crippen LogP contribution >= 0.6 is 15.9 Å². The van der Waals surface area contributed by atoms with Gasteiger partial charge in [-0.15, -0.1) is 0 Å². The largest absolute Gasteiger partial charge is 0.343 e. The molecule has 0 atom stereocenters. The Kier molecular flexibility index (Phi) is 3.55. The zero-order chi connectivity index (χ0) is 15.8. The summed E-state index contributed by atoms with van der Waals surface area (Å²) >= 11 is 3.62. The van der Waals surface area contributed by atoms with Crippen LogP contribution in [0.1, 0.15) is 0 Å². The monoisotopic (exact) mass is 361 g/mol. The number of benzene rings is 3. The zero-order valence-electron chi connectivity index (χ0n) is 12.8. The Balaban J connectivity index is 2.15. The van der Waals surface area contributed by atoms with E-state index in [1.165, 1.54) is 33.3 Å². The van der Waals surface area contributed by atoms with Gasteiger partial charge in [0.15, 0.2) is 0 Å². The third-order valence-corrected chi connectivity index (χ3v) is 4.76. The maximum Gasteiger partial charge on any atom is 0.0568 e. The molecule has 0 radical (unpaired) electrons. The number of halogens is 1. The third-order valence-electron chi connectivity index (χ3n) is 4.27. The van der Waals surface area contributed by atoms with E-state index in [1.54, 1.807) is 0 Å². The van der Waals surface area contributed by atoms with E-state index in [4.69, 9.17) is 0 Å². The summed E-state index contributed by atoms with van der Waals surface area (Å²) in [6.45, 7) is 0. The number of hydrogen-bond donors (Lipinski definition) is 0. The molecule has 0 aliphatic rings. The van der Waals surface area contributed by atoms with Crippen LogP contribution in [0.25, 0.3) is 33.3 Å². The van der Waals surface area contributed by atoms with E-state index < -0.39 is 0 Å². The fourth-order valence-corrected chi connectivity index (χ4v) is 3.61. The van der Waals surface area contributed by atoms with Crippen LogP contribution in [0.4, 0.5) is 0 Å². The highest BCUT2D eigenvalue weighted by Gasteiger charge is 2.18. The Morgan fingerprint density at radius 2 is 1.35 bits per heavy atom. The molecule has 0 unspecified atom stereocenters. The second kappa shape index (κ2) is 5.71. The summed E-state index contributed by atoms with van der Waals surface area (Å²) in [6.07, 6.45) is 0. The van der Waals surface area contributed by atoms with Gasteiger partial charge in [-0.2, -0.15) is 0 Å². The van der Waals surface area contributed by atoms with Gasteiger partial charge in [0.1, 0.15) is 0 Å². The highest BCUT2D eigenvalue weighted by atomic mass is 79.9. The minimum absolute atomic E-state index is 1.10. The predicted molar refractivity (Wildman–Crippen MR) is 101 cm³/mol. The molecule has 0 spiro atoms. The van der Waals surface area contributed by atoms with Crippen LogP contribution in [0, 0.1) is 0 Å². The van der Waals surface area contributed by atoms with Crippen molar-refractivity contribution in [2.45, 2.75) is 0 Å². The molecule has 2 heteroatoms. The summed E-state index contributed by atoms with van der Waals surface area (Å²) < 4.78 is 3.40. The van der Waals surface area contributed by atoms with Gasteiger partial charge in [-0.05, 0) is 29.3 Å². The summed E-state index contributed by atoms with van der Waals surface area (Å²) in [7, 11) is 2.14. The van der Waals surface area contributed by atoms with Gasteiger partial charge in [0, 0.05) is 28.0 Å². The van der Waals surface area contributed by atoms with Gasteiger partial charge < -0.3 is 4.57 Å². The first-order valence-electron chi connectivity index (χ1n) is 7.64. The summed E-state index contributed by atoms with van der Waals surface area (Å²) in [6, 6.07) is 27.7. The molecule has 3 aromatic carbocycles. The summed E-state index contributed by atoms with van der Waals surface area (Å²) in [5, 5.41) is 1.27. The Bertz CT molecular complexity index is 969. The second-order valence-electron chi connectivity index (χ2n) is 5.68. The Morgan fingerprint density at radius 1 is 0.739 bits per heavy atom. The van der Waals surface area contributed by atoms with Crippen LogP contribution < -0.4 is 0 Å². The molecule has 0 aliphatic carbocycles. The smallest absolute Gasteiger partial charge is 0.0568 e. The quantitative estimate of drug-likeness (QED) is 0.396. The lowest BCUT2D eigenvalue weighted by atomic mass is 9.98. The van der Waals surface area contributed by atoms with Gasteiger partial charge in [0.05, 0.1) is 5.69 Å². The van der Waals surface area contributed by atoms with Crippen LogP contribution in [0.5, 0.6) is 0 Å². The molecule has 4 rings (SSSR count). The predicted octanol–water partition coefficient (Wildman–Crippen LogP) is 6.27. The zero-order valence-corrected chi connectivity index (χ0v) is 14.4. The number of hydrogen-bond acceptors (Lipinski definition) is 0. The van der Waals surface area contributed by atoms with Crippen molar-refractivity contribution in [3.05, 3.63) is 83.3 Å². The summed E-state index contributed by atoms with van der Waals surface area (Å²) in [4.78, 5) is 0.